The minimum Gasteiger partial charge on any atom is -0.314 e. The van der Waals surface area contributed by atoms with Crippen molar-refractivity contribution in [1.82, 2.24) is 5.32 Å². The first-order chi connectivity index (χ1) is 8.16. The number of halogens is 1. The maximum atomic E-state index is 3.65. The summed E-state index contributed by atoms with van der Waals surface area (Å²) in [5, 5.41) is 3.65. The molecule has 0 aromatic heterocycles. The minimum atomic E-state index is 0.742. The van der Waals surface area contributed by atoms with Gasteiger partial charge >= 0.3 is 0 Å². The Morgan fingerprint density at radius 1 is 1.29 bits per heavy atom. The predicted octanol–water partition coefficient (Wildman–Crippen LogP) is 4.33. The van der Waals surface area contributed by atoms with Crippen molar-refractivity contribution < 1.29 is 0 Å². The van der Waals surface area contributed by atoms with Crippen molar-refractivity contribution >= 4 is 15.9 Å². The summed E-state index contributed by atoms with van der Waals surface area (Å²) in [6.07, 6.45) is 3.87. The molecule has 0 unspecified atom stereocenters. The van der Waals surface area contributed by atoms with Gasteiger partial charge in [-0.1, -0.05) is 48.0 Å². The molecule has 17 heavy (non-hydrogen) atoms. The lowest BCUT2D eigenvalue weighted by Gasteiger charge is -2.37. The van der Waals surface area contributed by atoms with Crippen LogP contribution in [0.5, 0.6) is 0 Å². The second-order valence-electron chi connectivity index (χ2n) is 5.52. The summed E-state index contributed by atoms with van der Waals surface area (Å²) < 4.78 is 1.27. The van der Waals surface area contributed by atoms with E-state index in [1.165, 1.54) is 35.8 Å². The van der Waals surface area contributed by atoms with Crippen LogP contribution in [0.25, 0.3) is 0 Å². The Balaban J connectivity index is 1.74. The highest BCUT2D eigenvalue weighted by atomic mass is 79.9. The Labute approximate surface area is 113 Å². The first-order valence-electron chi connectivity index (χ1n) is 6.64. The summed E-state index contributed by atoms with van der Waals surface area (Å²) >= 11 is 3.64. The molecular formula is C15H22BrN. The first-order valence-corrected chi connectivity index (χ1v) is 7.44. The van der Waals surface area contributed by atoms with E-state index in [0.29, 0.717) is 0 Å². The fraction of sp³-hybridized carbons (Fsp3) is 0.600. The molecule has 1 aliphatic carbocycles. The third-order valence-electron chi connectivity index (χ3n) is 3.64. The molecular weight excluding hydrogens is 274 g/mol. The van der Waals surface area contributed by atoms with Crippen molar-refractivity contribution in [2.24, 2.45) is 5.92 Å². The molecule has 1 nitrogen and oxygen atoms in total. The van der Waals surface area contributed by atoms with Gasteiger partial charge < -0.3 is 5.32 Å². The monoisotopic (exact) mass is 295 g/mol. The standard InChI is InChI=1S/C15H22BrN/c1-11(2)7-8-17-13-9-12(10-13)14-5-3-4-6-15(14)16/h3-6,11-13,17H,7-10H2,1-2H3. The summed E-state index contributed by atoms with van der Waals surface area (Å²) in [7, 11) is 0. The van der Waals surface area contributed by atoms with Crippen LogP contribution in [0.3, 0.4) is 0 Å². The van der Waals surface area contributed by atoms with Crippen LogP contribution in [0.15, 0.2) is 28.7 Å². The van der Waals surface area contributed by atoms with Crippen molar-refractivity contribution in [1.29, 1.82) is 0 Å². The number of benzene rings is 1. The zero-order valence-electron chi connectivity index (χ0n) is 10.7. The summed E-state index contributed by atoms with van der Waals surface area (Å²) in [6, 6.07) is 9.36. The van der Waals surface area contributed by atoms with E-state index < -0.39 is 0 Å². The third kappa shape index (κ3) is 3.56. The maximum Gasteiger partial charge on any atom is 0.0210 e. The molecule has 1 saturated carbocycles. The number of hydrogen-bond acceptors (Lipinski definition) is 1. The van der Waals surface area contributed by atoms with E-state index in [9.17, 15) is 0 Å². The van der Waals surface area contributed by atoms with E-state index in [-0.39, 0.29) is 0 Å². The van der Waals surface area contributed by atoms with Gasteiger partial charge in [0.2, 0.25) is 0 Å². The van der Waals surface area contributed by atoms with E-state index in [2.05, 4.69) is 59.4 Å². The van der Waals surface area contributed by atoms with Crippen LogP contribution in [0, 0.1) is 5.92 Å². The van der Waals surface area contributed by atoms with Crippen molar-refractivity contribution in [3.63, 3.8) is 0 Å². The average molecular weight is 296 g/mol. The van der Waals surface area contributed by atoms with Crippen LogP contribution in [0.2, 0.25) is 0 Å². The molecule has 0 spiro atoms. The Bertz CT molecular complexity index is 356. The van der Waals surface area contributed by atoms with E-state index in [4.69, 9.17) is 0 Å². The van der Waals surface area contributed by atoms with Gasteiger partial charge in [-0.25, -0.2) is 0 Å². The molecule has 0 atom stereocenters. The molecule has 0 radical (unpaired) electrons. The number of nitrogens with one attached hydrogen (secondary N) is 1. The average Bonchev–Trinajstić information content (AvgIpc) is 2.23. The maximum absolute atomic E-state index is 3.65. The van der Waals surface area contributed by atoms with Gasteiger partial charge in [-0.2, -0.15) is 0 Å². The van der Waals surface area contributed by atoms with Gasteiger partial charge in [0.15, 0.2) is 0 Å². The lowest BCUT2D eigenvalue weighted by atomic mass is 9.76. The minimum absolute atomic E-state index is 0.742. The molecule has 1 aliphatic rings. The SMILES string of the molecule is CC(C)CCNC1CC(c2ccccc2Br)C1. The molecule has 1 fully saturated rings. The van der Waals surface area contributed by atoms with E-state index in [1.807, 2.05) is 0 Å². The summed E-state index contributed by atoms with van der Waals surface area (Å²) in [5.41, 5.74) is 1.48. The Hall–Kier alpha value is -0.340. The van der Waals surface area contributed by atoms with Gasteiger partial charge in [0.25, 0.3) is 0 Å². The highest BCUT2D eigenvalue weighted by molar-refractivity contribution is 9.10. The van der Waals surface area contributed by atoms with Gasteiger partial charge in [-0.15, -0.1) is 0 Å². The molecule has 1 aromatic rings. The van der Waals surface area contributed by atoms with E-state index in [1.54, 1.807) is 0 Å². The fourth-order valence-corrected chi connectivity index (χ4v) is 3.03. The summed E-state index contributed by atoms with van der Waals surface area (Å²) in [4.78, 5) is 0. The lowest BCUT2D eigenvalue weighted by molar-refractivity contribution is 0.285. The van der Waals surface area contributed by atoms with Gasteiger partial charge in [-0.05, 0) is 49.3 Å². The lowest BCUT2D eigenvalue weighted by Crippen LogP contribution is -2.40. The van der Waals surface area contributed by atoms with Gasteiger partial charge in [0.05, 0.1) is 0 Å². The van der Waals surface area contributed by atoms with E-state index in [0.717, 1.165) is 17.9 Å². The number of rotatable bonds is 5. The highest BCUT2D eigenvalue weighted by Crippen LogP contribution is 2.39. The molecule has 94 valence electrons. The quantitative estimate of drug-likeness (QED) is 0.852. The molecule has 1 aromatic carbocycles. The highest BCUT2D eigenvalue weighted by Gasteiger charge is 2.30. The molecule has 0 heterocycles. The normalized spacial score (nSPS) is 23.8. The molecule has 2 heteroatoms. The largest absolute Gasteiger partial charge is 0.314 e. The smallest absolute Gasteiger partial charge is 0.0210 e. The van der Waals surface area contributed by atoms with Crippen LogP contribution in [-0.2, 0) is 0 Å². The molecule has 1 N–H and O–H groups in total. The van der Waals surface area contributed by atoms with Gasteiger partial charge in [-0.3, -0.25) is 0 Å². The van der Waals surface area contributed by atoms with Crippen LogP contribution in [-0.4, -0.2) is 12.6 Å². The molecule has 0 aliphatic heterocycles. The Morgan fingerprint density at radius 3 is 2.65 bits per heavy atom. The van der Waals surface area contributed by atoms with Crippen LogP contribution >= 0.6 is 15.9 Å². The second kappa shape index (κ2) is 6.01. The molecule has 0 saturated heterocycles. The van der Waals surface area contributed by atoms with Gasteiger partial charge in [0.1, 0.15) is 0 Å². The topological polar surface area (TPSA) is 12.0 Å². The van der Waals surface area contributed by atoms with Crippen molar-refractivity contribution in [2.75, 3.05) is 6.54 Å². The first kappa shape index (κ1) is 13.1. The molecule has 0 amide bonds. The third-order valence-corrected chi connectivity index (χ3v) is 4.36. The predicted molar refractivity (Wildman–Crippen MR) is 77.4 cm³/mol. The molecule has 0 bridgehead atoms. The Morgan fingerprint density at radius 2 is 2.00 bits per heavy atom. The van der Waals surface area contributed by atoms with Crippen LogP contribution in [0.1, 0.15) is 44.6 Å². The summed E-state index contributed by atoms with van der Waals surface area (Å²) in [5.74, 6) is 1.56. The fourth-order valence-electron chi connectivity index (χ4n) is 2.42. The van der Waals surface area contributed by atoms with Crippen molar-refractivity contribution in [3.05, 3.63) is 34.3 Å². The summed E-state index contributed by atoms with van der Waals surface area (Å²) in [6.45, 7) is 5.74. The number of hydrogen-bond donors (Lipinski definition) is 1. The zero-order valence-corrected chi connectivity index (χ0v) is 12.3. The van der Waals surface area contributed by atoms with Crippen molar-refractivity contribution in [3.8, 4) is 0 Å². The van der Waals surface area contributed by atoms with Crippen molar-refractivity contribution in [2.45, 2.75) is 45.1 Å². The van der Waals surface area contributed by atoms with E-state index >= 15 is 0 Å². The van der Waals surface area contributed by atoms with Crippen LogP contribution < -0.4 is 5.32 Å². The Kier molecular flexibility index (Phi) is 4.63. The van der Waals surface area contributed by atoms with Crippen LogP contribution in [0.4, 0.5) is 0 Å². The van der Waals surface area contributed by atoms with Gasteiger partial charge in [0, 0.05) is 10.5 Å². The zero-order chi connectivity index (χ0) is 12.3. The second-order valence-corrected chi connectivity index (χ2v) is 6.38. The molecule has 2 rings (SSSR count).